The predicted octanol–water partition coefficient (Wildman–Crippen LogP) is 4.81. The van der Waals surface area contributed by atoms with Crippen LogP contribution in [0.15, 0.2) is 47.4 Å². The zero-order valence-electron chi connectivity index (χ0n) is 16.9. The molecule has 6 nitrogen and oxygen atoms in total. The molecule has 2 aromatic rings. The second kappa shape index (κ2) is 10.6. The van der Waals surface area contributed by atoms with Crippen LogP contribution < -0.4 is 14.9 Å². The molecule has 1 heterocycles. The minimum absolute atomic E-state index is 0.167. The smallest absolute Gasteiger partial charge is 0.420 e. The molecule has 174 valence electrons. The summed E-state index contributed by atoms with van der Waals surface area (Å²) in [4.78, 5) is 25.9. The van der Waals surface area contributed by atoms with Crippen molar-refractivity contribution in [2.45, 2.75) is 18.6 Å². The van der Waals surface area contributed by atoms with Gasteiger partial charge in [-0.3, -0.25) is 9.59 Å². The fourth-order valence-corrected chi connectivity index (χ4v) is 4.10. The molecule has 0 aromatic heterocycles. The van der Waals surface area contributed by atoms with Crippen LogP contribution in [0.2, 0.25) is 0 Å². The van der Waals surface area contributed by atoms with E-state index in [1.165, 1.54) is 37.5 Å². The van der Waals surface area contributed by atoms with Crippen LogP contribution in [0.1, 0.15) is 16.7 Å². The van der Waals surface area contributed by atoms with E-state index in [-0.39, 0.29) is 27.0 Å². The summed E-state index contributed by atoms with van der Waals surface area (Å²) in [5.74, 6) is -1.24. The number of esters is 1. The number of rotatable bonds is 7. The van der Waals surface area contributed by atoms with Crippen LogP contribution in [0.25, 0.3) is 6.08 Å². The Kier molecular flexibility index (Phi) is 8.01. The zero-order chi connectivity index (χ0) is 24.2. The molecule has 2 aromatic carbocycles. The normalized spacial score (nSPS) is 16.0. The molecule has 0 radical (unpaired) electrons. The number of ether oxygens (including phenoxy) is 2. The molecule has 1 saturated heterocycles. The number of thiocarbonyl (C=S) groups is 1. The van der Waals surface area contributed by atoms with E-state index in [0.29, 0.717) is 5.56 Å². The van der Waals surface area contributed by atoms with Gasteiger partial charge in [-0.25, -0.2) is 4.84 Å². The molecule has 0 spiro atoms. The van der Waals surface area contributed by atoms with E-state index in [9.17, 15) is 22.8 Å². The first-order valence-electron chi connectivity index (χ1n) is 9.27. The SMILES string of the molecule is COC(=O)[C@H](Cc1ccc(Oc2ccc(/C=C3\SC(=S)NC3=O)cc2C(F)(F)F)cc1)NCl. The Hall–Kier alpha value is -2.60. The Labute approximate surface area is 201 Å². The molecular weight excluding hydrogens is 501 g/mol. The molecule has 0 bridgehead atoms. The minimum Gasteiger partial charge on any atom is -0.468 e. The summed E-state index contributed by atoms with van der Waals surface area (Å²) in [7, 11) is 1.23. The van der Waals surface area contributed by atoms with Crippen LogP contribution in [-0.4, -0.2) is 29.3 Å². The highest BCUT2D eigenvalue weighted by atomic mass is 35.5. The lowest BCUT2D eigenvalue weighted by molar-refractivity contribution is -0.142. The van der Waals surface area contributed by atoms with Crippen molar-refractivity contribution in [1.29, 1.82) is 0 Å². The number of methoxy groups -OCH3 is 1. The van der Waals surface area contributed by atoms with Gasteiger partial charge in [-0.15, -0.1) is 0 Å². The summed E-state index contributed by atoms with van der Waals surface area (Å²) in [6.45, 7) is 0. The van der Waals surface area contributed by atoms with Gasteiger partial charge in [0.2, 0.25) is 0 Å². The summed E-state index contributed by atoms with van der Waals surface area (Å²) in [5.41, 5.74) is -0.132. The van der Waals surface area contributed by atoms with Gasteiger partial charge in [0.1, 0.15) is 21.9 Å². The Bertz CT molecular complexity index is 1110. The maximum Gasteiger partial charge on any atom is 0.420 e. The van der Waals surface area contributed by atoms with Crippen LogP contribution in [0.5, 0.6) is 11.5 Å². The van der Waals surface area contributed by atoms with Gasteiger partial charge in [-0.05, 0) is 59.7 Å². The standard InChI is InChI=1S/C21H16ClF3N2O4S2/c1-30-19(29)15(27-22)9-11-2-5-13(6-3-11)31-16-7-4-12(8-14(16)21(23,24)25)10-17-18(28)26-20(32)33-17/h2-8,10,15,27H,9H2,1H3,(H,26,28,32)/b17-10-/t15-/m0/s1. The van der Waals surface area contributed by atoms with Crippen molar-refractivity contribution in [3.8, 4) is 11.5 Å². The van der Waals surface area contributed by atoms with Crippen molar-refractivity contribution in [1.82, 2.24) is 10.2 Å². The number of alkyl halides is 3. The highest BCUT2D eigenvalue weighted by Crippen LogP contribution is 2.39. The number of nitrogens with one attached hydrogen (secondary N) is 2. The first-order chi connectivity index (χ1) is 15.6. The maximum absolute atomic E-state index is 13.7. The predicted molar refractivity (Wildman–Crippen MR) is 123 cm³/mol. The van der Waals surface area contributed by atoms with Gasteiger partial charge in [0, 0.05) is 0 Å². The summed E-state index contributed by atoms with van der Waals surface area (Å²) in [6, 6.07) is 8.88. The highest BCUT2D eigenvalue weighted by molar-refractivity contribution is 8.26. The maximum atomic E-state index is 13.7. The van der Waals surface area contributed by atoms with Crippen molar-refractivity contribution in [3.05, 3.63) is 64.1 Å². The average Bonchev–Trinajstić information content (AvgIpc) is 3.09. The molecule has 12 heteroatoms. The Balaban J connectivity index is 1.81. The van der Waals surface area contributed by atoms with E-state index in [2.05, 4.69) is 14.9 Å². The topological polar surface area (TPSA) is 76.7 Å². The van der Waals surface area contributed by atoms with Crippen LogP contribution >= 0.6 is 35.8 Å². The van der Waals surface area contributed by atoms with Crippen LogP contribution in [-0.2, 0) is 26.9 Å². The fourth-order valence-electron chi connectivity index (χ4n) is 2.89. The number of hydrogen-bond donors (Lipinski definition) is 2. The molecule has 1 fully saturated rings. The number of benzene rings is 2. The number of hydrogen-bond acceptors (Lipinski definition) is 7. The molecule has 0 saturated carbocycles. The Morgan fingerprint density at radius 2 is 1.97 bits per heavy atom. The summed E-state index contributed by atoms with van der Waals surface area (Å²) in [5, 5.41) is 2.41. The molecule has 3 rings (SSSR count). The van der Waals surface area contributed by atoms with Gasteiger partial charge in [0.15, 0.2) is 0 Å². The lowest BCUT2D eigenvalue weighted by Gasteiger charge is -2.15. The average molecular weight is 517 g/mol. The Morgan fingerprint density at radius 1 is 1.27 bits per heavy atom. The number of carbonyl (C=O) groups is 2. The number of amides is 1. The summed E-state index contributed by atoms with van der Waals surface area (Å²) >= 11 is 11.4. The van der Waals surface area contributed by atoms with E-state index >= 15 is 0 Å². The van der Waals surface area contributed by atoms with Gasteiger partial charge in [-0.1, -0.05) is 42.2 Å². The van der Waals surface area contributed by atoms with Crippen molar-refractivity contribution < 1.29 is 32.2 Å². The van der Waals surface area contributed by atoms with Crippen LogP contribution in [0.3, 0.4) is 0 Å². The summed E-state index contributed by atoms with van der Waals surface area (Å²) < 4.78 is 51.4. The number of thioether (sulfide) groups is 1. The monoisotopic (exact) mass is 516 g/mol. The molecule has 1 aliphatic heterocycles. The van der Waals surface area contributed by atoms with E-state index < -0.39 is 35.4 Å². The van der Waals surface area contributed by atoms with Gasteiger partial charge < -0.3 is 14.8 Å². The lowest BCUT2D eigenvalue weighted by atomic mass is 10.1. The third-order valence-electron chi connectivity index (χ3n) is 4.46. The third kappa shape index (κ3) is 6.47. The third-order valence-corrected chi connectivity index (χ3v) is 5.88. The second-order valence-electron chi connectivity index (χ2n) is 6.74. The van der Waals surface area contributed by atoms with E-state index in [1.54, 1.807) is 12.1 Å². The molecule has 33 heavy (non-hydrogen) atoms. The van der Waals surface area contributed by atoms with E-state index in [4.69, 9.17) is 28.7 Å². The zero-order valence-corrected chi connectivity index (χ0v) is 19.3. The molecule has 1 aliphatic rings. The first-order valence-corrected chi connectivity index (χ1v) is 10.9. The summed E-state index contributed by atoms with van der Waals surface area (Å²) in [6.07, 6.45) is -3.15. The van der Waals surface area contributed by atoms with Crippen LogP contribution in [0.4, 0.5) is 13.2 Å². The molecular formula is C21H16ClF3N2O4S2. The van der Waals surface area contributed by atoms with Crippen molar-refractivity contribution in [2.75, 3.05) is 7.11 Å². The highest BCUT2D eigenvalue weighted by Gasteiger charge is 2.35. The second-order valence-corrected chi connectivity index (χ2v) is 8.68. The molecule has 0 unspecified atom stereocenters. The lowest BCUT2D eigenvalue weighted by Crippen LogP contribution is -2.33. The fraction of sp³-hybridized carbons (Fsp3) is 0.190. The van der Waals surface area contributed by atoms with Gasteiger partial charge >= 0.3 is 12.1 Å². The van der Waals surface area contributed by atoms with E-state index in [1.807, 2.05) is 0 Å². The minimum atomic E-state index is -4.69. The van der Waals surface area contributed by atoms with Crippen molar-refractivity contribution in [3.63, 3.8) is 0 Å². The number of halogens is 4. The molecule has 1 amide bonds. The van der Waals surface area contributed by atoms with Crippen molar-refractivity contribution in [2.24, 2.45) is 0 Å². The van der Waals surface area contributed by atoms with Crippen LogP contribution in [0, 0.1) is 0 Å². The van der Waals surface area contributed by atoms with Gasteiger partial charge in [0.05, 0.1) is 17.6 Å². The van der Waals surface area contributed by atoms with Crippen molar-refractivity contribution >= 4 is 58.0 Å². The quantitative estimate of drug-likeness (QED) is 0.237. The first kappa shape index (κ1) is 25.0. The van der Waals surface area contributed by atoms with E-state index in [0.717, 1.165) is 17.8 Å². The Morgan fingerprint density at radius 3 is 2.52 bits per heavy atom. The molecule has 2 N–H and O–H groups in total. The molecule has 0 aliphatic carbocycles. The largest absolute Gasteiger partial charge is 0.468 e. The molecule has 1 atom stereocenters. The number of carbonyl (C=O) groups excluding carboxylic acids is 2. The van der Waals surface area contributed by atoms with Gasteiger partial charge in [0.25, 0.3) is 5.91 Å². The van der Waals surface area contributed by atoms with Gasteiger partial charge in [-0.2, -0.15) is 13.2 Å².